The molecule has 2 saturated heterocycles. The number of anilines is 1. The summed E-state index contributed by atoms with van der Waals surface area (Å²) in [5.74, 6) is -0.0709. The molecule has 37 heavy (non-hydrogen) atoms. The lowest BCUT2D eigenvalue weighted by Crippen LogP contribution is -2.38. The molecule has 0 saturated carbocycles. The molecule has 7 heteroatoms. The van der Waals surface area contributed by atoms with Gasteiger partial charge in [-0.05, 0) is 55.5 Å². The van der Waals surface area contributed by atoms with Gasteiger partial charge in [0.1, 0.15) is 11.5 Å². The van der Waals surface area contributed by atoms with E-state index in [1.807, 2.05) is 17.0 Å². The minimum absolute atomic E-state index is 0.0764. The molecule has 0 unspecified atom stereocenters. The number of unbranched alkanes of at least 4 members (excludes halogenated alkanes) is 3. The smallest absolute Gasteiger partial charge is 0.348 e. The van der Waals surface area contributed by atoms with Crippen LogP contribution in [0.1, 0.15) is 65.6 Å². The summed E-state index contributed by atoms with van der Waals surface area (Å²) in [6.07, 6.45) is 12.5. The Bertz CT molecular complexity index is 1030. The van der Waals surface area contributed by atoms with Crippen LogP contribution in [0, 0.1) is 0 Å². The number of allylic oxidation sites excluding steroid dienone is 1. The predicted octanol–water partition coefficient (Wildman–Crippen LogP) is 5.65. The zero-order chi connectivity index (χ0) is 25.9. The highest BCUT2D eigenvalue weighted by atomic mass is 32.1. The summed E-state index contributed by atoms with van der Waals surface area (Å²) in [5.41, 5.74) is 2.32. The number of nitrogens with zero attached hydrogens (tertiary/aromatic N) is 2. The minimum atomic E-state index is -0.255. The number of ether oxygens (including phenoxy) is 2. The first kappa shape index (κ1) is 27.6. The van der Waals surface area contributed by atoms with Crippen LogP contribution in [0.3, 0.4) is 0 Å². The molecule has 0 radical (unpaired) electrons. The fraction of sp³-hybridized carbons (Fsp3) is 0.533. The fourth-order valence-electron chi connectivity index (χ4n) is 4.90. The van der Waals surface area contributed by atoms with Gasteiger partial charge in [-0.25, -0.2) is 4.79 Å². The van der Waals surface area contributed by atoms with Gasteiger partial charge in [0, 0.05) is 36.6 Å². The molecule has 0 N–H and O–H groups in total. The van der Waals surface area contributed by atoms with E-state index in [1.165, 1.54) is 42.6 Å². The van der Waals surface area contributed by atoms with E-state index in [9.17, 15) is 9.59 Å². The molecule has 4 rings (SSSR count). The Morgan fingerprint density at radius 2 is 1.92 bits per heavy atom. The van der Waals surface area contributed by atoms with E-state index >= 15 is 0 Å². The number of carbonyl (C=O) groups is 2. The maximum atomic E-state index is 12.6. The molecule has 2 aliphatic rings. The first-order valence-corrected chi connectivity index (χ1v) is 14.6. The third-order valence-electron chi connectivity index (χ3n) is 7.07. The molecule has 0 bridgehead atoms. The quantitative estimate of drug-likeness (QED) is 0.192. The molecule has 0 spiro atoms. The molecule has 1 atom stereocenters. The Labute approximate surface area is 225 Å². The molecule has 1 aromatic carbocycles. The van der Waals surface area contributed by atoms with Gasteiger partial charge in [-0.2, -0.15) is 0 Å². The zero-order valence-corrected chi connectivity index (χ0v) is 22.8. The van der Waals surface area contributed by atoms with Crippen molar-refractivity contribution in [1.29, 1.82) is 0 Å². The van der Waals surface area contributed by atoms with Gasteiger partial charge < -0.3 is 14.4 Å². The molecule has 6 nitrogen and oxygen atoms in total. The van der Waals surface area contributed by atoms with Crippen molar-refractivity contribution in [3.05, 3.63) is 63.9 Å². The van der Waals surface area contributed by atoms with Crippen LogP contribution in [0.15, 0.2) is 48.6 Å². The van der Waals surface area contributed by atoms with E-state index in [4.69, 9.17) is 9.47 Å². The number of aryl methyl sites for hydroxylation is 1. The van der Waals surface area contributed by atoms with Crippen molar-refractivity contribution in [2.75, 3.05) is 44.4 Å². The minimum Gasteiger partial charge on any atom is -0.460 e. The van der Waals surface area contributed by atoms with Crippen molar-refractivity contribution in [2.24, 2.45) is 0 Å². The highest BCUT2D eigenvalue weighted by Crippen LogP contribution is 2.28. The first-order chi connectivity index (χ1) is 18.1. The number of morpholine rings is 1. The van der Waals surface area contributed by atoms with Gasteiger partial charge in [0.25, 0.3) is 0 Å². The lowest BCUT2D eigenvalue weighted by molar-refractivity contribution is -0.117. The normalized spacial score (nSPS) is 18.7. The monoisotopic (exact) mass is 524 g/mol. The second kappa shape index (κ2) is 14.5. The molecule has 2 aromatic rings. The summed E-state index contributed by atoms with van der Waals surface area (Å²) in [6, 6.07) is 12.4. The SMILES string of the molecule is CCCCCCc1ccc(N2C(=O)CC[C@@H]2C=CCc2ccc(C(=O)OCCN3CCOCC3)s2)cc1. The van der Waals surface area contributed by atoms with Gasteiger partial charge in [0.2, 0.25) is 5.91 Å². The van der Waals surface area contributed by atoms with Gasteiger partial charge in [-0.15, -0.1) is 11.3 Å². The van der Waals surface area contributed by atoms with Crippen LogP contribution in [-0.2, 0) is 27.1 Å². The highest BCUT2D eigenvalue weighted by molar-refractivity contribution is 7.13. The Balaban J connectivity index is 1.24. The zero-order valence-electron chi connectivity index (χ0n) is 22.0. The van der Waals surface area contributed by atoms with Crippen LogP contribution in [0.2, 0.25) is 0 Å². The number of hydrogen-bond acceptors (Lipinski definition) is 6. The average molecular weight is 525 g/mol. The third-order valence-corrected chi connectivity index (χ3v) is 8.16. The summed E-state index contributed by atoms with van der Waals surface area (Å²) >= 11 is 1.48. The summed E-state index contributed by atoms with van der Waals surface area (Å²) in [6.45, 7) is 6.65. The van der Waals surface area contributed by atoms with Gasteiger partial charge in [0.05, 0.1) is 19.3 Å². The Kier molecular flexibility index (Phi) is 10.8. The first-order valence-electron chi connectivity index (χ1n) is 13.8. The van der Waals surface area contributed by atoms with Crippen LogP contribution in [0.4, 0.5) is 5.69 Å². The number of carbonyl (C=O) groups excluding carboxylic acids is 2. The van der Waals surface area contributed by atoms with E-state index in [0.29, 0.717) is 17.9 Å². The van der Waals surface area contributed by atoms with E-state index < -0.39 is 0 Å². The molecule has 3 heterocycles. The van der Waals surface area contributed by atoms with Crippen molar-refractivity contribution in [3.8, 4) is 0 Å². The number of hydrogen-bond donors (Lipinski definition) is 0. The van der Waals surface area contributed by atoms with E-state index in [1.54, 1.807) is 0 Å². The molecular formula is C30H40N2O4S. The molecule has 2 aliphatic heterocycles. The molecule has 1 aromatic heterocycles. The van der Waals surface area contributed by atoms with Crippen LogP contribution in [-0.4, -0.2) is 62.3 Å². The predicted molar refractivity (Wildman–Crippen MR) is 150 cm³/mol. The largest absolute Gasteiger partial charge is 0.460 e. The highest BCUT2D eigenvalue weighted by Gasteiger charge is 2.30. The summed E-state index contributed by atoms with van der Waals surface area (Å²) in [5, 5.41) is 0. The van der Waals surface area contributed by atoms with Crippen molar-refractivity contribution in [2.45, 2.75) is 64.3 Å². The Morgan fingerprint density at radius 1 is 1.11 bits per heavy atom. The molecule has 0 aliphatic carbocycles. The second-order valence-electron chi connectivity index (χ2n) is 9.84. The van der Waals surface area contributed by atoms with E-state index in [-0.39, 0.29) is 17.9 Å². The third kappa shape index (κ3) is 8.25. The average Bonchev–Trinajstić information content (AvgIpc) is 3.54. The van der Waals surface area contributed by atoms with Crippen LogP contribution in [0.5, 0.6) is 0 Å². The lowest BCUT2D eigenvalue weighted by Gasteiger charge is -2.26. The van der Waals surface area contributed by atoms with E-state index in [2.05, 4.69) is 48.2 Å². The summed E-state index contributed by atoms with van der Waals surface area (Å²) < 4.78 is 10.8. The topological polar surface area (TPSA) is 59.1 Å². The van der Waals surface area contributed by atoms with Crippen molar-refractivity contribution in [1.82, 2.24) is 4.90 Å². The number of thiophene rings is 1. The fourth-order valence-corrected chi connectivity index (χ4v) is 5.78. The van der Waals surface area contributed by atoms with Crippen LogP contribution < -0.4 is 4.90 Å². The van der Waals surface area contributed by atoms with Gasteiger partial charge >= 0.3 is 5.97 Å². The standard InChI is InChI=1S/C30H40N2O4S/c1-2-3-4-5-7-24-10-12-26(13-11-24)32-25(14-17-29(32)33)8-6-9-27-15-16-28(37-27)30(34)36-23-20-31-18-21-35-22-19-31/h6,8,10-13,15-16,25H,2-5,7,9,14,17-23H2,1H3/t25-/m0/s1. The lowest BCUT2D eigenvalue weighted by atomic mass is 10.1. The maximum absolute atomic E-state index is 12.6. The molecule has 1 amide bonds. The number of esters is 1. The van der Waals surface area contributed by atoms with Crippen molar-refractivity contribution in [3.63, 3.8) is 0 Å². The van der Waals surface area contributed by atoms with Crippen LogP contribution in [0.25, 0.3) is 0 Å². The van der Waals surface area contributed by atoms with Crippen molar-refractivity contribution >= 4 is 28.9 Å². The van der Waals surface area contributed by atoms with Gasteiger partial charge in [-0.1, -0.05) is 50.5 Å². The Hall–Kier alpha value is -2.48. The van der Waals surface area contributed by atoms with Crippen molar-refractivity contribution < 1.29 is 19.1 Å². The Morgan fingerprint density at radius 3 is 2.70 bits per heavy atom. The van der Waals surface area contributed by atoms with Gasteiger partial charge in [-0.3, -0.25) is 9.69 Å². The second-order valence-corrected chi connectivity index (χ2v) is 11.0. The number of benzene rings is 1. The molecule has 200 valence electrons. The summed E-state index contributed by atoms with van der Waals surface area (Å²) in [7, 11) is 0. The number of amides is 1. The number of rotatable bonds is 13. The molecule has 2 fully saturated rings. The van der Waals surface area contributed by atoms with Gasteiger partial charge in [0.15, 0.2) is 0 Å². The van der Waals surface area contributed by atoms with E-state index in [0.717, 1.165) is 62.7 Å². The maximum Gasteiger partial charge on any atom is 0.348 e. The summed E-state index contributed by atoms with van der Waals surface area (Å²) in [4.78, 5) is 31.0. The van der Waals surface area contributed by atoms with Crippen LogP contribution >= 0.6 is 11.3 Å². The molecular weight excluding hydrogens is 484 g/mol.